The van der Waals surface area contributed by atoms with Crippen molar-refractivity contribution in [2.45, 2.75) is 5.75 Å². The van der Waals surface area contributed by atoms with Gasteiger partial charge < -0.3 is 0 Å². The van der Waals surface area contributed by atoms with Crippen molar-refractivity contribution in [3.63, 3.8) is 0 Å². The molecule has 0 aliphatic rings. The Morgan fingerprint density at radius 1 is 1.12 bits per heavy atom. The van der Waals surface area contributed by atoms with Crippen LogP contribution in [0.2, 0.25) is 15.1 Å². The van der Waals surface area contributed by atoms with E-state index in [4.69, 9.17) is 34.8 Å². The fourth-order valence-corrected chi connectivity index (χ4v) is 3.91. The third kappa shape index (κ3) is 4.49. The molecule has 0 fully saturated rings. The lowest BCUT2D eigenvalue weighted by Crippen LogP contribution is -2.07. The van der Waals surface area contributed by atoms with Crippen LogP contribution < -0.4 is 0 Å². The van der Waals surface area contributed by atoms with Crippen molar-refractivity contribution in [2.24, 2.45) is 0 Å². The Labute approximate surface area is 153 Å². The van der Waals surface area contributed by atoms with Gasteiger partial charge in [0.1, 0.15) is 16.8 Å². The number of hydrogen-bond donors (Lipinski definition) is 0. The van der Waals surface area contributed by atoms with Gasteiger partial charge >= 0.3 is 0 Å². The molecule has 0 unspecified atom stereocenters. The second-order valence-corrected chi connectivity index (χ2v) is 7.99. The van der Waals surface area contributed by atoms with Crippen LogP contribution in [-0.2, 0) is 15.6 Å². The Bertz CT molecular complexity index is 966. The van der Waals surface area contributed by atoms with E-state index in [0.717, 1.165) is 18.2 Å². The molecule has 2 aromatic carbocycles. The minimum absolute atomic E-state index is 0.00229. The third-order valence-electron chi connectivity index (χ3n) is 3.05. The number of hydrogen-bond acceptors (Lipinski definition) is 3. The van der Waals surface area contributed by atoms with Crippen LogP contribution >= 0.6 is 34.8 Å². The first kappa shape index (κ1) is 18.8. The first-order valence-corrected chi connectivity index (χ1v) is 9.25. The van der Waals surface area contributed by atoms with Crippen LogP contribution in [0.4, 0.5) is 4.39 Å². The maximum Gasteiger partial charge on any atom is 0.192 e. The van der Waals surface area contributed by atoms with Gasteiger partial charge in [0.15, 0.2) is 9.84 Å². The summed E-state index contributed by atoms with van der Waals surface area (Å²) >= 11 is 17.6. The van der Waals surface area contributed by atoms with Crippen LogP contribution in [-0.4, -0.2) is 8.42 Å². The minimum Gasteiger partial charge on any atom is -0.223 e. The molecule has 0 atom stereocenters. The van der Waals surface area contributed by atoms with Gasteiger partial charge in [0.05, 0.1) is 10.8 Å². The van der Waals surface area contributed by atoms with Crippen LogP contribution in [0, 0.1) is 17.1 Å². The van der Waals surface area contributed by atoms with E-state index in [1.54, 1.807) is 6.07 Å². The highest BCUT2D eigenvalue weighted by Gasteiger charge is 2.20. The fourth-order valence-electron chi connectivity index (χ4n) is 1.87. The predicted molar refractivity (Wildman–Crippen MR) is 94.1 cm³/mol. The molecule has 2 aromatic rings. The Hall–Kier alpha value is -1.58. The predicted octanol–water partition coefficient (Wildman–Crippen LogP) is 5.27. The lowest BCUT2D eigenvalue weighted by molar-refractivity contribution is 0.602. The van der Waals surface area contributed by atoms with Gasteiger partial charge in [0.25, 0.3) is 0 Å². The average Bonchev–Trinajstić information content (AvgIpc) is 2.49. The van der Waals surface area contributed by atoms with Crippen molar-refractivity contribution in [1.82, 2.24) is 0 Å². The van der Waals surface area contributed by atoms with Crippen molar-refractivity contribution in [3.05, 3.63) is 73.3 Å². The molecule has 0 saturated carbocycles. The second kappa shape index (κ2) is 7.54. The Morgan fingerprint density at radius 2 is 1.83 bits per heavy atom. The van der Waals surface area contributed by atoms with Crippen LogP contribution in [0.1, 0.15) is 11.1 Å². The van der Waals surface area contributed by atoms with Crippen molar-refractivity contribution in [1.29, 1.82) is 5.26 Å². The number of rotatable bonds is 4. The van der Waals surface area contributed by atoms with Gasteiger partial charge in [-0.25, -0.2) is 12.8 Å². The molecule has 0 amide bonds. The number of allylic oxidation sites excluding steroid dienone is 1. The summed E-state index contributed by atoms with van der Waals surface area (Å²) in [4.78, 5) is -0.498. The maximum atomic E-state index is 13.1. The first-order valence-electron chi connectivity index (χ1n) is 6.46. The summed E-state index contributed by atoms with van der Waals surface area (Å²) in [5.41, 5.74) is 0.535. The fraction of sp³-hybridized carbons (Fsp3) is 0.0625. The second-order valence-electron chi connectivity index (χ2n) is 4.78. The molecule has 0 radical (unpaired) electrons. The summed E-state index contributed by atoms with van der Waals surface area (Å²) in [6, 6.07) is 9.48. The summed E-state index contributed by atoms with van der Waals surface area (Å²) in [7, 11) is -3.97. The Kier molecular flexibility index (Phi) is 5.89. The maximum absolute atomic E-state index is 13.1. The van der Waals surface area contributed by atoms with Crippen LogP contribution in [0.25, 0.3) is 6.08 Å². The number of nitriles is 1. The molecule has 24 heavy (non-hydrogen) atoms. The number of halogens is 4. The molecule has 124 valence electrons. The Balaban J connectivity index is 2.41. The van der Waals surface area contributed by atoms with Gasteiger partial charge in [-0.15, -0.1) is 0 Å². The molecular formula is C16H9Cl3FNO2S. The molecule has 0 bridgehead atoms. The van der Waals surface area contributed by atoms with Gasteiger partial charge in [-0.05, 0) is 41.5 Å². The number of benzene rings is 2. The standard InChI is InChI=1S/C16H9Cl3FNO2S/c17-12-3-1-11(15(18)6-12)9-24(22,23)14(8-21)5-10-2-4-13(20)7-16(10)19/h1-7H,9H2. The summed E-state index contributed by atoms with van der Waals surface area (Å²) in [6.45, 7) is 0. The van der Waals surface area contributed by atoms with Gasteiger partial charge in [-0.2, -0.15) is 5.26 Å². The molecule has 3 nitrogen and oxygen atoms in total. The molecule has 0 aliphatic heterocycles. The average molecular weight is 405 g/mol. The zero-order chi connectivity index (χ0) is 17.9. The Morgan fingerprint density at radius 3 is 2.42 bits per heavy atom. The van der Waals surface area contributed by atoms with Crippen molar-refractivity contribution in [2.75, 3.05) is 0 Å². The van der Waals surface area contributed by atoms with E-state index in [0.29, 0.717) is 10.6 Å². The van der Waals surface area contributed by atoms with E-state index in [9.17, 15) is 18.1 Å². The van der Waals surface area contributed by atoms with Crippen molar-refractivity contribution >= 4 is 50.7 Å². The quantitative estimate of drug-likeness (QED) is 0.653. The normalized spacial score (nSPS) is 12.0. The highest BCUT2D eigenvalue weighted by atomic mass is 35.5. The highest BCUT2D eigenvalue weighted by Crippen LogP contribution is 2.27. The molecule has 0 heterocycles. The van der Waals surface area contributed by atoms with Gasteiger partial charge in [0, 0.05) is 10.0 Å². The zero-order valence-electron chi connectivity index (χ0n) is 11.9. The number of sulfone groups is 1. The molecular weight excluding hydrogens is 396 g/mol. The first-order chi connectivity index (χ1) is 11.2. The molecule has 0 aromatic heterocycles. The lowest BCUT2D eigenvalue weighted by Gasteiger charge is -2.06. The van der Waals surface area contributed by atoms with E-state index >= 15 is 0 Å². The van der Waals surface area contributed by atoms with E-state index in [1.165, 1.54) is 24.3 Å². The third-order valence-corrected chi connectivity index (χ3v) is 5.54. The van der Waals surface area contributed by atoms with E-state index in [-0.39, 0.29) is 15.6 Å². The van der Waals surface area contributed by atoms with E-state index in [2.05, 4.69) is 0 Å². The summed E-state index contributed by atoms with van der Waals surface area (Å²) < 4.78 is 38.0. The summed E-state index contributed by atoms with van der Waals surface area (Å²) in [6.07, 6.45) is 1.10. The SMILES string of the molecule is N#CC(=Cc1ccc(F)cc1Cl)S(=O)(=O)Cc1ccc(Cl)cc1Cl. The highest BCUT2D eigenvalue weighted by molar-refractivity contribution is 7.95. The van der Waals surface area contributed by atoms with Gasteiger partial charge in [-0.1, -0.05) is 46.9 Å². The summed E-state index contributed by atoms with van der Waals surface area (Å²) in [5, 5.41) is 9.75. The van der Waals surface area contributed by atoms with Crippen LogP contribution in [0.3, 0.4) is 0 Å². The van der Waals surface area contributed by atoms with E-state index < -0.39 is 26.3 Å². The van der Waals surface area contributed by atoms with Gasteiger partial charge in [0.2, 0.25) is 0 Å². The minimum atomic E-state index is -3.97. The molecule has 0 N–H and O–H groups in total. The molecule has 8 heteroatoms. The smallest absolute Gasteiger partial charge is 0.192 e. The van der Waals surface area contributed by atoms with E-state index in [1.807, 2.05) is 0 Å². The van der Waals surface area contributed by atoms with Crippen molar-refractivity contribution in [3.8, 4) is 6.07 Å². The largest absolute Gasteiger partial charge is 0.223 e. The zero-order valence-corrected chi connectivity index (χ0v) is 15.0. The van der Waals surface area contributed by atoms with Crippen molar-refractivity contribution < 1.29 is 12.8 Å². The van der Waals surface area contributed by atoms with Crippen LogP contribution in [0.5, 0.6) is 0 Å². The number of nitrogens with zero attached hydrogens (tertiary/aromatic N) is 1. The topological polar surface area (TPSA) is 57.9 Å². The van der Waals surface area contributed by atoms with Crippen LogP contribution in [0.15, 0.2) is 41.3 Å². The molecule has 2 rings (SSSR count). The molecule has 0 saturated heterocycles. The van der Waals surface area contributed by atoms with Gasteiger partial charge in [-0.3, -0.25) is 0 Å². The monoisotopic (exact) mass is 403 g/mol. The lowest BCUT2D eigenvalue weighted by atomic mass is 10.2. The summed E-state index contributed by atoms with van der Waals surface area (Å²) in [5.74, 6) is -1.03. The molecule has 0 spiro atoms. The molecule has 0 aliphatic carbocycles.